The molecule has 2 rings (SSSR count). The molecule has 0 fully saturated rings. The Bertz CT molecular complexity index is 757. The van der Waals surface area contributed by atoms with Gasteiger partial charge in [-0.15, -0.1) is 0 Å². The SMILES string of the molecule is CS(=O)(=O)c1ccccc1NC(=O)c1cccc(Cl)c1. The van der Waals surface area contributed by atoms with Crippen molar-refractivity contribution in [3.63, 3.8) is 0 Å². The number of hydrogen-bond donors (Lipinski definition) is 1. The van der Waals surface area contributed by atoms with Gasteiger partial charge in [-0.2, -0.15) is 0 Å². The summed E-state index contributed by atoms with van der Waals surface area (Å²) in [6, 6.07) is 12.7. The summed E-state index contributed by atoms with van der Waals surface area (Å²) in [5.41, 5.74) is 0.612. The van der Waals surface area contributed by atoms with Gasteiger partial charge >= 0.3 is 0 Å². The molecule has 104 valence electrons. The molecule has 0 aliphatic rings. The molecule has 0 aliphatic carbocycles. The molecule has 2 aromatic carbocycles. The van der Waals surface area contributed by atoms with Crippen LogP contribution in [-0.2, 0) is 9.84 Å². The predicted molar refractivity (Wildman–Crippen MR) is 79.0 cm³/mol. The molecule has 0 radical (unpaired) electrons. The summed E-state index contributed by atoms with van der Waals surface area (Å²) in [6.07, 6.45) is 1.09. The van der Waals surface area contributed by atoms with Crippen LogP contribution in [0.1, 0.15) is 10.4 Å². The predicted octanol–water partition coefficient (Wildman–Crippen LogP) is 3.00. The number of carbonyl (C=O) groups is 1. The molecule has 1 N–H and O–H groups in total. The molecule has 0 heterocycles. The minimum atomic E-state index is -3.41. The number of halogens is 1. The van der Waals surface area contributed by atoms with Crippen LogP contribution in [0.3, 0.4) is 0 Å². The van der Waals surface area contributed by atoms with Crippen LogP contribution in [0.5, 0.6) is 0 Å². The number of para-hydroxylation sites is 1. The van der Waals surface area contributed by atoms with Gasteiger partial charge < -0.3 is 5.32 Å². The molecule has 0 aliphatic heterocycles. The Morgan fingerprint density at radius 2 is 1.80 bits per heavy atom. The molecule has 0 unspecified atom stereocenters. The smallest absolute Gasteiger partial charge is 0.255 e. The lowest BCUT2D eigenvalue weighted by Crippen LogP contribution is -2.14. The highest BCUT2D eigenvalue weighted by Crippen LogP contribution is 2.21. The Morgan fingerprint density at radius 1 is 1.10 bits per heavy atom. The Morgan fingerprint density at radius 3 is 2.45 bits per heavy atom. The van der Waals surface area contributed by atoms with Gasteiger partial charge in [-0.05, 0) is 30.3 Å². The van der Waals surface area contributed by atoms with Crippen molar-refractivity contribution in [2.75, 3.05) is 11.6 Å². The highest BCUT2D eigenvalue weighted by atomic mass is 35.5. The molecular weight excluding hydrogens is 298 g/mol. The second-order valence-corrected chi connectivity index (χ2v) is 6.65. The summed E-state index contributed by atoms with van der Waals surface area (Å²) >= 11 is 5.82. The van der Waals surface area contributed by atoms with E-state index in [9.17, 15) is 13.2 Å². The van der Waals surface area contributed by atoms with Crippen LogP contribution >= 0.6 is 11.6 Å². The number of carbonyl (C=O) groups excluding carboxylic acids is 1. The van der Waals surface area contributed by atoms with Crippen LogP contribution in [0.4, 0.5) is 5.69 Å². The van der Waals surface area contributed by atoms with Crippen molar-refractivity contribution in [1.82, 2.24) is 0 Å². The lowest BCUT2D eigenvalue weighted by atomic mass is 10.2. The minimum absolute atomic E-state index is 0.0791. The van der Waals surface area contributed by atoms with Crippen molar-refractivity contribution >= 4 is 33.0 Å². The molecule has 1 amide bonds. The van der Waals surface area contributed by atoms with E-state index in [-0.39, 0.29) is 10.6 Å². The van der Waals surface area contributed by atoms with E-state index >= 15 is 0 Å². The van der Waals surface area contributed by atoms with Gasteiger partial charge in [-0.1, -0.05) is 29.8 Å². The topological polar surface area (TPSA) is 63.2 Å². The van der Waals surface area contributed by atoms with Crippen LogP contribution in [0.2, 0.25) is 5.02 Å². The molecule has 0 bridgehead atoms. The normalized spacial score (nSPS) is 11.1. The monoisotopic (exact) mass is 309 g/mol. The third-order valence-electron chi connectivity index (χ3n) is 2.62. The van der Waals surface area contributed by atoms with E-state index in [1.54, 1.807) is 36.4 Å². The van der Waals surface area contributed by atoms with E-state index in [0.717, 1.165) is 6.26 Å². The number of nitrogens with one attached hydrogen (secondary N) is 1. The molecule has 6 heteroatoms. The number of sulfone groups is 1. The molecule has 4 nitrogen and oxygen atoms in total. The number of hydrogen-bond acceptors (Lipinski definition) is 3. The Hall–Kier alpha value is -1.85. The van der Waals surface area contributed by atoms with Crippen molar-refractivity contribution in [3.05, 3.63) is 59.1 Å². The largest absolute Gasteiger partial charge is 0.321 e. The quantitative estimate of drug-likeness (QED) is 0.948. The maximum Gasteiger partial charge on any atom is 0.255 e. The van der Waals surface area contributed by atoms with Gasteiger partial charge in [0, 0.05) is 16.8 Å². The van der Waals surface area contributed by atoms with E-state index in [0.29, 0.717) is 10.6 Å². The second-order valence-electron chi connectivity index (χ2n) is 4.23. The molecule has 0 atom stereocenters. The van der Waals surface area contributed by atoms with Crippen molar-refractivity contribution < 1.29 is 13.2 Å². The molecule has 20 heavy (non-hydrogen) atoms. The Balaban J connectivity index is 2.34. The van der Waals surface area contributed by atoms with Crippen LogP contribution in [0.15, 0.2) is 53.4 Å². The first-order valence-corrected chi connectivity index (χ1v) is 8.01. The average Bonchev–Trinajstić information content (AvgIpc) is 2.38. The van der Waals surface area contributed by atoms with Crippen LogP contribution < -0.4 is 5.32 Å². The summed E-state index contributed by atoms with van der Waals surface area (Å²) in [4.78, 5) is 12.2. The van der Waals surface area contributed by atoms with E-state index in [4.69, 9.17) is 11.6 Å². The summed E-state index contributed by atoms with van der Waals surface area (Å²) < 4.78 is 23.3. The zero-order chi connectivity index (χ0) is 14.8. The van der Waals surface area contributed by atoms with Crippen LogP contribution in [-0.4, -0.2) is 20.6 Å². The van der Waals surface area contributed by atoms with E-state index in [1.807, 2.05) is 0 Å². The maximum atomic E-state index is 12.1. The molecule has 0 aromatic heterocycles. The molecule has 0 saturated heterocycles. The first-order valence-electron chi connectivity index (χ1n) is 5.74. The summed E-state index contributed by atoms with van der Waals surface area (Å²) in [6.45, 7) is 0. The Labute approximate surface area is 122 Å². The first kappa shape index (κ1) is 14.6. The Kier molecular flexibility index (Phi) is 4.11. The van der Waals surface area contributed by atoms with Gasteiger partial charge in [-0.3, -0.25) is 4.79 Å². The van der Waals surface area contributed by atoms with E-state index in [1.165, 1.54) is 12.1 Å². The second kappa shape index (κ2) is 5.64. The fraction of sp³-hybridized carbons (Fsp3) is 0.0714. The number of anilines is 1. The maximum absolute atomic E-state index is 12.1. The summed E-state index contributed by atoms with van der Waals surface area (Å²) in [7, 11) is -3.41. The van der Waals surface area contributed by atoms with Gasteiger partial charge in [0.2, 0.25) is 0 Å². The van der Waals surface area contributed by atoms with E-state index < -0.39 is 15.7 Å². The summed E-state index contributed by atoms with van der Waals surface area (Å²) in [5.74, 6) is -0.413. The van der Waals surface area contributed by atoms with Gasteiger partial charge in [0.1, 0.15) is 0 Å². The third-order valence-corrected chi connectivity index (χ3v) is 4.01. The van der Waals surface area contributed by atoms with Crippen molar-refractivity contribution in [2.24, 2.45) is 0 Å². The highest BCUT2D eigenvalue weighted by Gasteiger charge is 2.15. The average molecular weight is 310 g/mol. The van der Waals surface area contributed by atoms with Gasteiger partial charge in [-0.25, -0.2) is 8.42 Å². The van der Waals surface area contributed by atoms with E-state index in [2.05, 4.69) is 5.32 Å². The molecule has 0 spiro atoms. The standard InChI is InChI=1S/C14H12ClNO3S/c1-20(18,19)13-8-3-2-7-12(13)16-14(17)10-5-4-6-11(15)9-10/h2-9H,1H3,(H,16,17). The first-order chi connectivity index (χ1) is 9.38. The number of rotatable bonds is 3. The van der Waals surface area contributed by atoms with Crippen molar-refractivity contribution in [3.8, 4) is 0 Å². The van der Waals surface area contributed by atoms with Crippen molar-refractivity contribution in [1.29, 1.82) is 0 Å². The molecular formula is C14H12ClNO3S. The van der Waals surface area contributed by atoms with Crippen LogP contribution in [0.25, 0.3) is 0 Å². The lowest BCUT2D eigenvalue weighted by Gasteiger charge is -2.09. The third kappa shape index (κ3) is 3.37. The number of amides is 1. The van der Waals surface area contributed by atoms with Crippen molar-refractivity contribution in [2.45, 2.75) is 4.90 Å². The lowest BCUT2D eigenvalue weighted by molar-refractivity contribution is 0.102. The highest BCUT2D eigenvalue weighted by molar-refractivity contribution is 7.90. The number of benzene rings is 2. The van der Waals surface area contributed by atoms with Gasteiger partial charge in [0.25, 0.3) is 5.91 Å². The zero-order valence-corrected chi connectivity index (χ0v) is 12.2. The fourth-order valence-electron chi connectivity index (χ4n) is 1.72. The molecule has 2 aromatic rings. The zero-order valence-electron chi connectivity index (χ0n) is 10.6. The fourth-order valence-corrected chi connectivity index (χ4v) is 2.75. The minimum Gasteiger partial charge on any atom is -0.321 e. The van der Waals surface area contributed by atoms with Gasteiger partial charge in [0.05, 0.1) is 10.6 Å². The van der Waals surface area contributed by atoms with Gasteiger partial charge in [0.15, 0.2) is 9.84 Å². The van der Waals surface area contributed by atoms with Crippen LogP contribution in [0, 0.1) is 0 Å². The molecule has 0 saturated carbocycles. The summed E-state index contributed by atoms with van der Waals surface area (Å²) in [5, 5.41) is 3.02.